The predicted molar refractivity (Wildman–Crippen MR) is 62.1 cm³/mol. The second-order valence-electron chi connectivity index (χ2n) is 4.03. The van der Waals surface area contributed by atoms with Crippen molar-refractivity contribution in [1.82, 2.24) is 10.6 Å². The molecular weight excluding hydrogens is 224 g/mol. The molecule has 0 aliphatic rings. The molecule has 0 aliphatic heterocycles. The summed E-state index contributed by atoms with van der Waals surface area (Å²) in [5.74, 6) is -0.878. The van der Waals surface area contributed by atoms with E-state index in [0.717, 1.165) is 0 Å². The van der Waals surface area contributed by atoms with Gasteiger partial charge in [-0.3, -0.25) is 14.4 Å². The highest BCUT2D eigenvalue weighted by atomic mass is 16.5. The van der Waals surface area contributed by atoms with E-state index in [1.54, 1.807) is 13.8 Å². The van der Waals surface area contributed by atoms with E-state index in [1.165, 1.54) is 20.8 Å². The number of amides is 2. The summed E-state index contributed by atoms with van der Waals surface area (Å²) in [7, 11) is 0. The number of carbonyl (C=O) groups excluding carboxylic acids is 3. The van der Waals surface area contributed by atoms with Crippen LogP contribution in [0.5, 0.6) is 0 Å². The van der Waals surface area contributed by atoms with Crippen LogP contribution in [0, 0.1) is 0 Å². The summed E-state index contributed by atoms with van der Waals surface area (Å²) in [6.45, 7) is 7.46. The van der Waals surface area contributed by atoms with Crippen LogP contribution in [0.15, 0.2) is 0 Å². The molecule has 0 rings (SSSR count). The summed E-state index contributed by atoms with van der Waals surface area (Å²) in [4.78, 5) is 32.9. The van der Waals surface area contributed by atoms with Crippen molar-refractivity contribution >= 4 is 17.8 Å². The van der Waals surface area contributed by atoms with E-state index in [0.29, 0.717) is 0 Å². The Balaban J connectivity index is 4.66. The average molecular weight is 244 g/mol. The van der Waals surface area contributed by atoms with Crippen molar-refractivity contribution in [1.29, 1.82) is 0 Å². The second-order valence-corrected chi connectivity index (χ2v) is 4.03. The Hall–Kier alpha value is -1.59. The van der Waals surface area contributed by atoms with Crippen LogP contribution >= 0.6 is 0 Å². The molecule has 0 bridgehead atoms. The molecule has 2 N–H and O–H groups in total. The van der Waals surface area contributed by atoms with Crippen molar-refractivity contribution in [2.75, 3.05) is 0 Å². The first kappa shape index (κ1) is 15.4. The van der Waals surface area contributed by atoms with Crippen molar-refractivity contribution < 1.29 is 19.1 Å². The number of rotatable bonds is 5. The molecule has 0 saturated heterocycles. The molecule has 3 unspecified atom stereocenters. The maximum Gasteiger partial charge on any atom is 0.302 e. The standard InChI is InChI=1S/C11H20N2O4/c1-6(12-8(3)14)11(13-9(4)15)7(2)17-10(5)16/h6-7,11H,1-5H3,(H,12,14)(H,13,15). The molecule has 0 aromatic rings. The minimum Gasteiger partial charge on any atom is -0.461 e. The lowest BCUT2D eigenvalue weighted by Crippen LogP contribution is -2.55. The third-order valence-electron chi connectivity index (χ3n) is 2.20. The largest absolute Gasteiger partial charge is 0.461 e. The van der Waals surface area contributed by atoms with E-state index in [4.69, 9.17) is 4.74 Å². The fourth-order valence-corrected chi connectivity index (χ4v) is 1.63. The molecule has 6 nitrogen and oxygen atoms in total. The van der Waals surface area contributed by atoms with Crippen molar-refractivity contribution in [3.8, 4) is 0 Å². The lowest BCUT2D eigenvalue weighted by Gasteiger charge is -2.29. The van der Waals surface area contributed by atoms with E-state index >= 15 is 0 Å². The van der Waals surface area contributed by atoms with Gasteiger partial charge in [-0.1, -0.05) is 0 Å². The minimum absolute atomic E-state index is 0.206. The zero-order valence-corrected chi connectivity index (χ0v) is 10.9. The van der Waals surface area contributed by atoms with Crippen molar-refractivity contribution in [2.45, 2.75) is 52.8 Å². The molecule has 0 aromatic carbocycles. The monoisotopic (exact) mass is 244 g/mol. The zero-order valence-electron chi connectivity index (χ0n) is 10.9. The molecule has 0 aliphatic carbocycles. The van der Waals surface area contributed by atoms with Gasteiger partial charge in [-0.2, -0.15) is 0 Å². The van der Waals surface area contributed by atoms with Crippen LogP contribution in [0.3, 0.4) is 0 Å². The number of hydrogen-bond acceptors (Lipinski definition) is 4. The van der Waals surface area contributed by atoms with Gasteiger partial charge in [0, 0.05) is 26.8 Å². The molecule has 0 spiro atoms. The van der Waals surface area contributed by atoms with Crippen molar-refractivity contribution in [3.05, 3.63) is 0 Å². The van der Waals surface area contributed by atoms with Crippen LogP contribution in [0.2, 0.25) is 0 Å². The molecule has 0 saturated carbocycles. The lowest BCUT2D eigenvalue weighted by atomic mass is 10.0. The fourth-order valence-electron chi connectivity index (χ4n) is 1.63. The molecule has 0 fully saturated rings. The summed E-state index contributed by atoms with van der Waals surface area (Å²) < 4.78 is 5.01. The first-order valence-electron chi connectivity index (χ1n) is 5.45. The van der Waals surface area contributed by atoms with Gasteiger partial charge in [0.2, 0.25) is 11.8 Å². The van der Waals surface area contributed by atoms with Crippen LogP contribution in [-0.4, -0.2) is 36.0 Å². The first-order valence-corrected chi connectivity index (χ1v) is 5.45. The molecule has 0 heterocycles. The maximum absolute atomic E-state index is 11.1. The van der Waals surface area contributed by atoms with Crippen LogP contribution in [-0.2, 0) is 19.1 Å². The van der Waals surface area contributed by atoms with Gasteiger partial charge in [0.15, 0.2) is 0 Å². The Morgan fingerprint density at radius 3 is 1.76 bits per heavy atom. The summed E-state index contributed by atoms with van der Waals surface area (Å²) >= 11 is 0. The van der Waals surface area contributed by atoms with Crippen LogP contribution in [0.4, 0.5) is 0 Å². The van der Waals surface area contributed by atoms with Crippen molar-refractivity contribution in [2.24, 2.45) is 0 Å². The first-order chi connectivity index (χ1) is 7.73. The normalized spacial score (nSPS) is 15.4. The lowest BCUT2D eigenvalue weighted by molar-refractivity contribution is -0.148. The predicted octanol–water partition coefficient (Wildman–Crippen LogP) is -0.0327. The van der Waals surface area contributed by atoms with Gasteiger partial charge < -0.3 is 15.4 Å². The zero-order chi connectivity index (χ0) is 13.6. The number of nitrogens with one attached hydrogen (secondary N) is 2. The van der Waals surface area contributed by atoms with E-state index in [9.17, 15) is 14.4 Å². The Labute approximate surface area is 101 Å². The van der Waals surface area contributed by atoms with Gasteiger partial charge in [-0.15, -0.1) is 0 Å². The molecule has 0 radical (unpaired) electrons. The number of carbonyl (C=O) groups is 3. The van der Waals surface area contributed by atoms with Crippen LogP contribution in [0.1, 0.15) is 34.6 Å². The molecule has 17 heavy (non-hydrogen) atoms. The second kappa shape index (κ2) is 6.88. The average Bonchev–Trinajstić information content (AvgIpc) is 2.11. The highest BCUT2D eigenvalue weighted by Crippen LogP contribution is 2.05. The van der Waals surface area contributed by atoms with E-state index in [-0.39, 0.29) is 17.9 Å². The molecular formula is C11H20N2O4. The van der Waals surface area contributed by atoms with E-state index in [2.05, 4.69) is 10.6 Å². The van der Waals surface area contributed by atoms with Gasteiger partial charge in [-0.05, 0) is 13.8 Å². The van der Waals surface area contributed by atoms with Gasteiger partial charge in [0.05, 0.1) is 6.04 Å². The number of hydrogen-bond donors (Lipinski definition) is 2. The van der Waals surface area contributed by atoms with Gasteiger partial charge in [0.1, 0.15) is 6.10 Å². The topological polar surface area (TPSA) is 84.5 Å². The fraction of sp³-hybridized carbons (Fsp3) is 0.727. The van der Waals surface area contributed by atoms with Gasteiger partial charge in [0.25, 0.3) is 0 Å². The Morgan fingerprint density at radius 1 is 0.941 bits per heavy atom. The number of ether oxygens (including phenoxy) is 1. The summed E-state index contributed by atoms with van der Waals surface area (Å²) in [5, 5.41) is 5.32. The molecule has 98 valence electrons. The number of esters is 1. The van der Waals surface area contributed by atoms with E-state index in [1.807, 2.05) is 0 Å². The summed E-state index contributed by atoms with van der Waals surface area (Å²) in [6, 6.07) is -0.786. The summed E-state index contributed by atoms with van der Waals surface area (Å²) in [5.41, 5.74) is 0. The quantitative estimate of drug-likeness (QED) is 0.665. The van der Waals surface area contributed by atoms with Gasteiger partial charge >= 0.3 is 5.97 Å². The Morgan fingerprint density at radius 2 is 1.41 bits per heavy atom. The van der Waals surface area contributed by atoms with Gasteiger partial charge in [-0.25, -0.2) is 0 Å². The van der Waals surface area contributed by atoms with Crippen LogP contribution < -0.4 is 10.6 Å². The molecule has 6 heteroatoms. The molecule has 2 amide bonds. The van der Waals surface area contributed by atoms with Crippen LogP contribution in [0.25, 0.3) is 0 Å². The van der Waals surface area contributed by atoms with Crippen molar-refractivity contribution in [3.63, 3.8) is 0 Å². The smallest absolute Gasteiger partial charge is 0.302 e. The molecule has 0 aromatic heterocycles. The van der Waals surface area contributed by atoms with E-state index < -0.39 is 18.1 Å². The highest BCUT2D eigenvalue weighted by molar-refractivity contribution is 5.75. The third-order valence-corrected chi connectivity index (χ3v) is 2.20. The Kier molecular flexibility index (Phi) is 6.23. The molecule has 3 atom stereocenters. The Bertz CT molecular complexity index is 282. The third kappa shape index (κ3) is 6.55. The minimum atomic E-state index is -0.516. The maximum atomic E-state index is 11.1. The SMILES string of the molecule is CC(=O)NC(C)C(NC(C)=O)C(C)OC(C)=O. The highest BCUT2D eigenvalue weighted by Gasteiger charge is 2.27. The summed E-state index contributed by atoms with van der Waals surface area (Å²) in [6.07, 6.45) is -0.516.